The molecule has 0 bridgehead atoms. The summed E-state index contributed by atoms with van der Waals surface area (Å²) in [7, 11) is 0. The molecule has 0 fully saturated rings. The van der Waals surface area contributed by atoms with Gasteiger partial charge in [0.15, 0.2) is 0 Å². The highest BCUT2D eigenvalue weighted by Gasteiger charge is 2.18. The van der Waals surface area contributed by atoms with Crippen LogP contribution in [0.3, 0.4) is 0 Å². The largest absolute Gasteiger partial charge is 0.114 e. The van der Waals surface area contributed by atoms with Crippen LogP contribution in [0.5, 0.6) is 0 Å². The smallest absolute Gasteiger partial charge is 0.105 e. The van der Waals surface area contributed by atoms with Crippen molar-refractivity contribution in [3.8, 4) is 0 Å². The molecule has 1 unspecified atom stereocenters. The van der Waals surface area contributed by atoms with Crippen molar-refractivity contribution in [3.05, 3.63) is 71.8 Å². The maximum absolute atomic E-state index is 6.13. The predicted octanol–water partition coefficient (Wildman–Crippen LogP) is 5.60. The highest BCUT2D eigenvalue weighted by Crippen LogP contribution is 2.31. The van der Waals surface area contributed by atoms with Crippen molar-refractivity contribution < 1.29 is 0 Å². The standard InChI is InChI=1S/C17H18Cl2/c18-17(19)16(15-11-5-2-6-12-15)13-7-10-14-8-3-1-4-9-14/h1-6,8-9,11-12,16-17H,7,10,13H2. The van der Waals surface area contributed by atoms with Gasteiger partial charge in [0.2, 0.25) is 0 Å². The van der Waals surface area contributed by atoms with E-state index in [0.29, 0.717) is 0 Å². The molecule has 0 N–H and O–H groups in total. The Morgan fingerprint density at radius 1 is 0.789 bits per heavy atom. The quantitative estimate of drug-likeness (QED) is 0.608. The average Bonchev–Trinajstić information content (AvgIpc) is 2.45. The third-order valence-electron chi connectivity index (χ3n) is 3.36. The van der Waals surface area contributed by atoms with Gasteiger partial charge in [0.1, 0.15) is 4.84 Å². The summed E-state index contributed by atoms with van der Waals surface area (Å²) in [5.74, 6) is 0.216. The van der Waals surface area contributed by atoms with Crippen LogP contribution in [0, 0.1) is 0 Å². The van der Waals surface area contributed by atoms with Gasteiger partial charge in [-0.15, -0.1) is 23.2 Å². The van der Waals surface area contributed by atoms with Gasteiger partial charge in [-0.05, 0) is 30.4 Å². The Hall–Kier alpha value is -0.980. The van der Waals surface area contributed by atoms with Gasteiger partial charge in [0.25, 0.3) is 0 Å². The van der Waals surface area contributed by atoms with Crippen molar-refractivity contribution in [3.63, 3.8) is 0 Å². The minimum atomic E-state index is -0.349. The highest BCUT2D eigenvalue weighted by atomic mass is 35.5. The normalized spacial score (nSPS) is 12.6. The minimum Gasteiger partial charge on any atom is -0.105 e. The van der Waals surface area contributed by atoms with E-state index in [1.54, 1.807) is 0 Å². The van der Waals surface area contributed by atoms with Gasteiger partial charge in [-0.25, -0.2) is 0 Å². The molecule has 2 rings (SSSR count). The first-order valence-electron chi connectivity index (χ1n) is 6.64. The van der Waals surface area contributed by atoms with Crippen LogP contribution in [0.25, 0.3) is 0 Å². The van der Waals surface area contributed by atoms with Crippen molar-refractivity contribution in [1.82, 2.24) is 0 Å². The van der Waals surface area contributed by atoms with Crippen LogP contribution in [0.4, 0.5) is 0 Å². The zero-order chi connectivity index (χ0) is 13.5. The SMILES string of the molecule is ClC(Cl)C(CCCc1ccccc1)c1ccccc1. The van der Waals surface area contributed by atoms with E-state index in [1.807, 2.05) is 24.3 Å². The maximum Gasteiger partial charge on any atom is 0.114 e. The first-order chi connectivity index (χ1) is 9.27. The van der Waals surface area contributed by atoms with E-state index in [9.17, 15) is 0 Å². The van der Waals surface area contributed by atoms with Gasteiger partial charge in [-0.3, -0.25) is 0 Å². The second kappa shape index (κ2) is 7.57. The van der Waals surface area contributed by atoms with E-state index < -0.39 is 0 Å². The highest BCUT2D eigenvalue weighted by molar-refractivity contribution is 6.44. The van der Waals surface area contributed by atoms with E-state index in [2.05, 4.69) is 36.4 Å². The van der Waals surface area contributed by atoms with E-state index in [-0.39, 0.29) is 10.8 Å². The van der Waals surface area contributed by atoms with Gasteiger partial charge in [0, 0.05) is 5.92 Å². The summed E-state index contributed by atoms with van der Waals surface area (Å²) in [6.07, 6.45) is 3.18. The summed E-state index contributed by atoms with van der Waals surface area (Å²) in [6, 6.07) is 20.8. The first-order valence-corrected chi connectivity index (χ1v) is 7.51. The number of hydrogen-bond donors (Lipinski definition) is 0. The molecule has 2 aromatic rings. The Bertz CT molecular complexity index is 465. The van der Waals surface area contributed by atoms with Crippen LogP contribution >= 0.6 is 23.2 Å². The molecule has 2 aromatic carbocycles. The summed E-state index contributed by atoms with van der Waals surface area (Å²) >= 11 is 12.3. The number of alkyl halides is 2. The molecule has 100 valence electrons. The number of rotatable bonds is 6. The molecule has 19 heavy (non-hydrogen) atoms. The monoisotopic (exact) mass is 292 g/mol. The zero-order valence-electron chi connectivity index (χ0n) is 10.8. The third-order valence-corrected chi connectivity index (χ3v) is 3.96. The minimum absolute atomic E-state index is 0.216. The van der Waals surface area contributed by atoms with E-state index in [0.717, 1.165) is 19.3 Å². The topological polar surface area (TPSA) is 0 Å². The molecule has 0 spiro atoms. The van der Waals surface area contributed by atoms with Crippen molar-refractivity contribution >= 4 is 23.2 Å². The molecular weight excluding hydrogens is 275 g/mol. The Labute approximate surface area is 125 Å². The average molecular weight is 293 g/mol. The number of hydrogen-bond acceptors (Lipinski definition) is 0. The molecule has 0 saturated heterocycles. The van der Waals surface area contributed by atoms with Crippen molar-refractivity contribution in [2.45, 2.75) is 30.0 Å². The lowest BCUT2D eigenvalue weighted by Gasteiger charge is -2.18. The molecule has 0 aliphatic carbocycles. The van der Waals surface area contributed by atoms with Gasteiger partial charge in [-0.2, -0.15) is 0 Å². The van der Waals surface area contributed by atoms with Crippen molar-refractivity contribution in [2.24, 2.45) is 0 Å². The molecule has 1 atom stereocenters. The van der Waals surface area contributed by atoms with Crippen LogP contribution in [-0.2, 0) is 6.42 Å². The van der Waals surface area contributed by atoms with Crippen molar-refractivity contribution in [1.29, 1.82) is 0 Å². The van der Waals surface area contributed by atoms with E-state index in [1.165, 1.54) is 11.1 Å². The van der Waals surface area contributed by atoms with Crippen molar-refractivity contribution in [2.75, 3.05) is 0 Å². The fourth-order valence-electron chi connectivity index (χ4n) is 2.31. The van der Waals surface area contributed by atoms with Gasteiger partial charge >= 0.3 is 0 Å². The Morgan fingerprint density at radius 2 is 1.37 bits per heavy atom. The Morgan fingerprint density at radius 3 is 1.95 bits per heavy atom. The number of halogens is 2. The molecule has 0 aromatic heterocycles. The van der Waals surface area contributed by atoms with Crippen LogP contribution in [0.2, 0.25) is 0 Å². The molecule has 0 amide bonds. The molecule has 0 nitrogen and oxygen atoms in total. The van der Waals surface area contributed by atoms with Gasteiger partial charge in [0.05, 0.1) is 0 Å². The summed E-state index contributed by atoms with van der Waals surface area (Å²) in [6.45, 7) is 0. The molecule has 0 heterocycles. The first kappa shape index (κ1) is 14.4. The molecule has 2 heteroatoms. The number of benzene rings is 2. The second-order valence-electron chi connectivity index (χ2n) is 4.73. The summed E-state index contributed by atoms with van der Waals surface area (Å²) in [4.78, 5) is -0.349. The third kappa shape index (κ3) is 4.56. The van der Waals surface area contributed by atoms with E-state index >= 15 is 0 Å². The Kier molecular flexibility index (Phi) is 5.75. The molecule has 0 saturated carbocycles. The maximum atomic E-state index is 6.13. The lowest BCUT2D eigenvalue weighted by molar-refractivity contribution is 0.620. The predicted molar refractivity (Wildman–Crippen MR) is 84.1 cm³/mol. The molecule has 0 radical (unpaired) electrons. The summed E-state index contributed by atoms with van der Waals surface area (Å²) in [5, 5.41) is 0. The summed E-state index contributed by atoms with van der Waals surface area (Å²) in [5.41, 5.74) is 2.60. The van der Waals surface area contributed by atoms with Crippen LogP contribution in [0.1, 0.15) is 29.9 Å². The molecule has 0 aliphatic rings. The summed E-state index contributed by atoms with van der Waals surface area (Å²) < 4.78 is 0. The van der Waals surface area contributed by atoms with Crippen LogP contribution in [-0.4, -0.2) is 4.84 Å². The molecule has 0 aliphatic heterocycles. The Balaban J connectivity index is 1.92. The lowest BCUT2D eigenvalue weighted by atomic mass is 9.94. The number of aryl methyl sites for hydroxylation is 1. The second-order valence-corrected chi connectivity index (χ2v) is 5.89. The molecular formula is C17H18Cl2. The van der Waals surface area contributed by atoms with Gasteiger partial charge in [-0.1, -0.05) is 60.7 Å². The van der Waals surface area contributed by atoms with Crippen LogP contribution in [0.15, 0.2) is 60.7 Å². The fourth-order valence-corrected chi connectivity index (χ4v) is 2.85. The fraction of sp³-hybridized carbons (Fsp3) is 0.294. The lowest BCUT2D eigenvalue weighted by Crippen LogP contribution is -2.07. The zero-order valence-corrected chi connectivity index (χ0v) is 12.3. The van der Waals surface area contributed by atoms with Crippen LogP contribution < -0.4 is 0 Å². The van der Waals surface area contributed by atoms with Gasteiger partial charge < -0.3 is 0 Å². The van der Waals surface area contributed by atoms with E-state index in [4.69, 9.17) is 23.2 Å².